The number of hydrogen-bond acceptors (Lipinski definition) is 4. The highest BCUT2D eigenvalue weighted by Gasteiger charge is 2.44. The molecule has 1 aliphatic rings. The molecule has 1 saturated carbocycles. The van der Waals surface area contributed by atoms with E-state index in [0.717, 1.165) is 18.4 Å². The molecule has 0 atom stereocenters. The van der Waals surface area contributed by atoms with Crippen molar-refractivity contribution in [1.82, 2.24) is 14.5 Å². The van der Waals surface area contributed by atoms with Gasteiger partial charge < -0.3 is 14.7 Å². The van der Waals surface area contributed by atoms with E-state index in [9.17, 15) is 14.9 Å². The lowest BCUT2D eigenvalue weighted by molar-refractivity contribution is 0.286. The van der Waals surface area contributed by atoms with Crippen LogP contribution in [0.1, 0.15) is 48.8 Å². The zero-order chi connectivity index (χ0) is 21.7. The molecule has 1 heterocycles. The first kappa shape index (κ1) is 21.5. The molecule has 156 valence electrons. The highest BCUT2D eigenvalue weighted by Crippen LogP contribution is 2.42. The van der Waals surface area contributed by atoms with Gasteiger partial charge >= 0.3 is 5.69 Å². The zero-order valence-corrected chi connectivity index (χ0v) is 17.5. The minimum atomic E-state index is -0.619. The van der Waals surface area contributed by atoms with Crippen LogP contribution in [0.25, 0.3) is 4.85 Å². The van der Waals surface area contributed by atoms with E-state index >= 15 is 0 Å². The summed E-state index contributed by atoms with van der Waals surface area (Å²) in [7, 11) is 1.65. The topological polar surface area (TPSA) is 84.2 Å². The van der Waals surface area contributed by atoms with Crippen molar-refractivity contribution in [3.8, 4) is 6.07 Å². The molecule has 30 heavy (non-hydrogen) atoms. The summed E-state index contributed by atoms with van der Waals surface area (Å²) in [6.45, 7) is 10.6. The van der Waals surface area contributed by atoms with Crippen LogP contribution in [0.3, 0.4) is 0 Å². The van der Waals surface area contributed by atoms with Crippen molar-refractivity contribution in [2.24, 2.45) is 7.05 Å². The Labute approximate surface area is 176 Å². The van der Waals surface area contributed by atoms with Gasteiger partial charge in [-0.15, -0.1) is 0 Å². The van der Waals surface area contributed by atoms with Gasteiger partial charge in [-0.05, 0) is 44.9 Å². The highest BCUT2D eigenvalue weighted by molar-refractivity contribution is 5.44. The van der Waals surface area contributed by atoms with E-state index in [1.54, 1.807) is 26.2 Å². The van der Waals surface area contributed by atoms with Crippen molar-refractivity contribution >= 4 is 0 Å². The molecule has 1 aliphatic carbocycles. The van der Waals surface area contributed by atoms with Crippen LogP contribution in [0.2, 0.25) is 0 Å². The summed E-state index contributed by atoms with van der Waals surface area (Å²) >= 11 is 0. The minimum Gasteiger partial charge on any atom is -0.314 e. The molecule has 1 aromatic carbocycles. The van der Waals surface area contributed by atoms with Gasteiger partial charge in [0.15, 0.2) is 0 Å². The Morgan fingerprint density at radius 3 is 2.67 bits per heavy atom. The van der Waals surface area contributed by atoms with E-state index < -0.39 is 5.54 Å². The van der Waals surface area contributed by atoms with Gasteiger partial charge in [-0.1, -0.05) is 12.1 Å². The third-order valence-corrected chi connectivity index (χ3v) is 6.07. The molecular weight excluding hydrogens is 378 g/mol. The number of aromatic nitrogens is 2. The molecule has 1 N–H and O–H groups in total. The van der Waals surface area contributed by atoms with Crippen LogP contribution in [0.5, 0.6) is 0 Å². The average Bonchev–Trinajstić information content (AvgIpc) is 2.77. The predicted octanol–water partition coefficient (Wildman–Crippen LogP) is 2.46. The Morgan fingerprint density at radius 2 is 2.00 bits per heavy atom. The third kappa shape index (κ3) is 4.22. The smallest absolute Gasteiger partial charge is 0.314 e. The maximum absolute atomic E-state index is 12.2. The van der Waals surface area contributed by atoms with Crippen molar-refractivity contribution < 1.29 is 0 Å². The highest BCUT2D eigenvalue weighted by atomic mass is 16.2. The molecule has 3 rings (SSSR count). The Morgan fingerprint density at radius 1 is 1.30 bits per heavy atom. The zero-order valence-electron chi connectivity index (χ0n) is 17.5. The molecule has 0 amide bonds. The molecular formula is C23H27N5O2. The first-order chi connectivity index (χ1) is 14.4. The molecule has 7 nitrogen and oxygen atoms in total. The summed E-state index contributed by atoms with van der Waals surface area (Å²) in [5.41, 5.74) is 0.854. The Hall–Kier alpha value is -3.16. The summed E-state index contributed by atoms with van der Waals surface area (Å²) in [5.74, 6) is 0. The Balaban J connectivity index is 1.56. The number of nitriles is 1. The molecule has 2 aromatic rings. The molecule has 1 aromatic heterocycles. The van der Waals surface area contributed by atoms with E-state index in [4.69, 9.17) is 6.57 Å². The monoisotopic (exact) mass is 405 g/mol. The maximum atomic E-state index is 12.2. The minimum absolute atomic E-state index is 0.228. The van der Waals surface area contributed by atoms with E-state index in [1.807, 2.05) is 18.2 Å². The molecule has 0 aliphatic heterocycles. The molecule has 7 heteroatoms. The third-order valence-electron chi connectivity index (χ3n) is 6.07. The lowest BCUT2D eigenvalue weighted by Gasteiger charge is -2.32. The van der Waals surface area contributed by atoms with Gasteiger partial charge in [0.2, 0.25) is 0 Å². The van der Waals surface area contributed by atoms with E-state index in [-0.39, 0.29) is 11.2 Å². The second-order valence-electron chi connectivity index (χ2n) is 8.05. The lowest BCUT2D eigenvalue weighted by atomic mass is 9.74. The molecule has 0 unspecified atom stereocenters. The van der Waals surface area contributed by atoms with Crippen molar-refractivity contribution in [3.63, 3.8) is 0 Å². The normalized spacial score (nSPS) is 21.0. The number of hydrogen-bond donors (Lipinski definition) is 1. The van der Waals surface area contributed by atoms with E-state index in [0.29, 0.717) is 49.5 Å². The van der Waals surface area contributed by atoms with Crippen molar-refractivity contribution in [1.29, 1.82) is 5.26 Å². The van der Waals surface area contributed by atoms with Gasteiger partial charge in [0.1, 0.15) is 0 Å². The fourth-order valence-electron chi connectivity index (χ4n) is 4.36. The first-order valence-corrected chi connectivity index (χ1v) is 10.3. The van der Waals surface area contributed by atoms with Gasteiger partial charge in [-0.3, -0.25) is 9.36 Å². The second-order valence-corrected chi connectivity index (χ2v) is 8.05. The van der Waals surface area contributed by atoms with Crippen LogP contribution in [0, 0.1) is 24.8 Å². The fourth-order valence-corrected chi connectivity index (χ4v) is 4.36. The van der Waals surface area contributed by atoms with E-state index in [2.05, 4.69) is 16.2 Å². The van der Waals surface area contributed by atoms with Crippen LogP contribution in [0.4, 0.5) is 0 Å². The Bertz CT molecular complexity index is 1070. The first-order valence-electron chi connectivity index (χ1n) is 10.3. The maximum Gasteiger partial charge on any atom is 0.330 e. The fraction of sp³-hybridized carbons (Fsp3) is 0.478. The number of aryl methyl sites for hydroxylation is 2. The lowest BCUT2D eigenvalue weighted by Crippen LogP contribution is -2.41. The predicted molar refractivity (Wildman–Crippen MR) is 115 cm³/mol. The van der Waals surface area contributed by atoms with Gasteiger partial charge in [0.05, 0.1) is 17.2 Å². The van der Waals surface area contributed by atoms with Crippen molar-refractivity contribution in [2.45, 2.75) is 57.2 Å². The van der Waals surface area contributed by atoms with Gasteiger partial charge in [-0.2, -0.15) is 5.26 Å². The average molecular weight is 406 g/mol. The van der Waals surface area contributed by atoms with Gasteiger partial charge in [-0.25, -0.2) is 11.4 Å². The number of benzene rings is 1. The van der Waals surface area contributed by atoms with Crippen molar-refractivity contribution in [2.75, 3.05) is 6.54 Å². The summed E-state index contributed by atoms with van der Waals surface area (Å²) in [6, 6.07) is 9.94. The molecule has 0 saturated heterocycles. The molecule has 0 bridgehead atoms. The van der Waals surface area contributed by atoms with Crippen molar-refractivity contribution in [3.05, 3.63) is 79.4 Å². The SMILES string of the molecule is [C-]#[N+]C1(c2ccccc2C#N)CCC(NCCCn2c(=O)c(C)cn(C)c2=O)CC1. The summed E-state index contributed by atoms with van der Waals surface area (Å²) in [5, 5.41) is 12.9. The number of nitrogens with one attached hydrogen (secondary N) is 1. The summed E-state index contributed by atoms with van der Waals surface area (Å²) in [4.78, 5) is 28.4. The van der Waals surface area contributed by atoms with Crippen LogP contribution in [0.15, 0.2) is 40.1 Å². The van der Waals surface area contributed by atoms with Gasteiger partial charge in [0.25, 0.3) is 11.1 Å². The molecule has 0 spiro atoms. The van der Waals surface area contributed by atoms with Crippen LogP contribution in [-0.4, -0.2) is 21.7 Å². The molecule has 1 fully saturated rings. The van der Waals surface area contributed by atoms with Crippen LogP contribution < -0.4 is 16.6 Å². The quantitative estimate of drug-likeness (QED) is 0.591. The summed E-state index contributed by atoms with van der Waals surface area (Å²) < 4.78 is 2.73. The number of rotatable bonds is 6. The standard InChI is InChI=1S/C23H27N5O2/c1-17-16-27(3)22(30)28(21(17)29)14-6-13-26-19-9-11-23(25-2,12-10-19)20-8-5-4-7-18(20)15-24/h4-5,7-8,16,19,26H,6,9-14H2,1,3H3. The largest absolute Gasteiger partial charge is 0.330 e. The second kappa shape index (κ2) is 9.11. The van der Waals surface area contributed by atoms with Crippen LogP contribution >= 0.6 is 0 Å². The van der Waals surface area contributed by atoms with E-state index in [1.165, 1.54) is 9.13 Å². The van der Waals surface area contributed by atoms with Gasteiger partial charge in [0, 0.05) is 44.2 Å². The number of nitrogens with zero attached hydrogens (tertiary/aromatic N) is 4. The summed E-state index contributed by atoms with van der Waals surface area (Å²) in [6.07, 6.45) is 5.38. The van der Waals surface area contributed by atoms with Crippen LogP contribution in [-0.2, 0) is 19.1 Å². The molecule has 0 radical (unpaired) electrons. The Kier molecular flexibility index (Phi) is 6.54.